The first kappa shape index (κ1) is 30.9. The molecule has 0 atom stereocenters. The third-order valence-corrected chi connectivity index (χ3v) is 7.70. The molecule has 4 aromatic carbocycles. The highest BCUT2D eigenvalue weighted by Crippen LogP contribution is 2.38. The first-order chi connectivity index (χ1) is 21.8. The maximum atomic E-state index is 13.1. The van der Waals surface area contributed by atoms with E-state index >= 15 is 0 Å². The number of aromatic nitrogens is 1. The largest absolute Gasteiger partial charge is 0.457 e. The molecule has 1 heterocycles. The van der Waals surface area contributed by atoms with E-state index in [1.807, 2.05) is 62.4 Å². The molecular formula is C36H29NO7S. The highest BCUT2D eigenvalue weighted by atomic mass is 32.1. The molecule has 0 saturated heterocycles. The minimum atomic E-state index is -0.607. The quantitative estimate of drug-likeness (QED) is 0.0638. The predicted octanol–water partition coefficient (Wildman–Crippen LogP) is 7.84. The topological polar surface area (TPSA) is 101 Å². The summed E-state index contributed by atoms with van der Waals surface area (Å²) in [4.78, 5) is 42.0. The standard InChI is InChI=1S/C36H29NO7S/c1-4-24-10-13-26(14-11-24)35(39)43-29-19-20-30(34-33(29)37-31(45-34)21-12-25-8-6-23(3)7-9-25)44-36(40)27-15-17-28(18-16-27)41-22-42-32(38)5-2/h5-21H,2,4,22H2,1,3H3/b21-12+. The minimum absolute atomic E-state index is 0.249. The number of ether oxygens (including phenoxy) is 4. The number of thiazole rings is 1. The van der Waals surface area contributed by atoms with Crippen LogP contribution in [0.5, 0.6) is 17.2 Å². The van der Waals surface area contributed by atoms with Gasteiger partial charge in [0.1, 0.15) is 21.0 Å². The van der Waals surface area contributed by atoms with Crippen LogP contribution in [-0.4, -0.2) is 29.7 Å². The Morgan fingerprint density at radius 2 is 1.42 bits per heavy atom. The second kappa shape index (κ2) is 14.3. The first-order valence-corrected chi connectivity index (χ1v) is 14.9. The van der Waals surface area contributed by atoms with E-state index in [4.69, 9.17) is 23.9 Å². The Bertz CT molecular complexity index is 1870. The fraction of sp³-hybridized carbons (Fsp3) is 0.111. The van der Waals surface area contributed by atoms with Gasteiger partial charge >= 0.3 is 17.9 Å². The number of rotatable bonds is 11. The summed E-state index contributed by atoms with van der Waals surface area (Å²) in [5, 5.41) is 0.636. The molecule has 0 N–H and O–H groups in total. The molecule has 0 fully saturated rings. The van der Waals surface area contributed by atoms with Crippen molar-refractivity contribution in [3.8, 4) is 17.2 Å². The molecule has 5 rings (SSSR count). The van der Waals surface area contributed by atoms with Gasteiger partial charge in [0.25, 0.3) is 0 Å². The molecule has 5 aromatic rings. The average Bonchev–Trinajstić information content (AvgIpc) is 3.51. The summed E-state index contributed by atoms with van der Waals surface area (Å²) >= 11 is 1.31. The SMILES string of the molecule is C=CC(=O)OCOc1ccc(C(=O)Oc2ccc(OC(=O)c3ccc(CC)cc3)c3nc(/C=C/c4ccc(C)cc4)sc23)cc1. The zero-order chi connectivity index (χ0) is 31.8. The van der Waals surface area contributed by atoms with Crippen LogP contribution in [0.3, 0.4) is 0 Å². The predicted molar refractivity (Wildman–Crippen MR) is 174 cm³/mol. The Balaban J connectivity index is 1.40. The first-order valence-electron chi connectivity index (χ1n) is 14.1. The van der Waals surface area contributed by atoms with E-state index in [2.05, 4.69) is 6.58 Å². The lowest BCUT2D eigenvalue weighted by atomic mass is 10.1. The number of nitrogens with zero attached hydrogens (tertiary/aromatic N) is 1. The van der Waals surface area contributed by atoms with Crippen molar-refractivity contribution in [2.24, 2.45) is 0 Å². The van der Waals surface area contributed by atoms with Crippen molar-refractivity contribution in [3.63, 3.8) is 0 Å². The molecule has 0 radical (unpaired) electrons. The normalized spacial score (nSPS) is 10.9. The summed E-state index contributed by atoms with van der Waals surface area (Å²) in [6.45, 7) is 7.10. The molecule has 0 saturated carbocycles. The Labute approximate surface area is 264 Å². The van der Waals surface area contributed by atoms with Crippen LogP contribution in [0.25, 0.3) is 22.4 Å². The third-order valence-electron chi connectivity index (χ3n) is 6.67. The van der Waals surface area contributed by atoms with Gasteiger partial charge in [-0.3, -0.25) is 0 Å². The molecule has 0 unspecified atom stereocenters. The van der Waals surface area contributed by atoms with E-state index in [0.717, 1.165) is 29.2 Å². The Morgan fingerprint density at radius 1 is 0.800 bits per heavy atom. The van der Waals surface area contributed by atoms with E-state index in [1.54, 1.807) is 36.4 Å². The van der Waals surface area contributed by atoms with Crippen molar-refractivity contribution in [2.45, 2.75) is 20.3 Å². The second-order valence-electron chi connectivity index (χ2n) is 9.82. The van der Waals surface area contributed by atoms with Crippen LogP contribution >= 0.6 is 11.3 Å². The van der Waals surface area contributed by atoms with Gasteiger partial charge in [-0.25, -0.2) is 19.4 Å². The van der Waals surface area contributed by atoms with Crippen molar-refractivity contribution in [1.82, 2.24) is 4.98 Å². The van der Waals surface area contributed by atoms with Crippen LogP contribution < -0.4 is 14.2 Å². The van der Waals surface area contributed by atoms with E-state index in [-0.39, 0.29) is 23.9 Å². The third kappa shape index (κ3) is 7.90. The smallest absolute Gasteiger partial charge is 0.343 e. The zero-order valence-corrected chi connectivity index (χ0v) is 25.5. The van der Waals surface area contributed by atoms with E-state index < -0.39 is 17.9 Å². The van der Waals surface area contributed by atoms with Crippen LogP contribution in [0.15, 0.2) is 97.6 Å². The summed E-state index contributed by atoms with van der Waals surface area (Å²) in [6.07, 6.45) is 5.69. The molecular weight excluding hydrogens is 590 g/mol. The lowest BCUT2D eigenvalue weighted by molar-refractivity contribution is -0.144. The molecule has 226 valence electrons. The average molecular weight is 620 g/mol. The fourth-order valence-electron chi connectivity index (χ4n) is 4.15. The van der Waals surface area contributed by atoms with Gasteiger partial charge in [0.05, 0.1) is 11.1 Å². The van der Waals surface area contributed by atoms with E-state index in [1.165, 1.54) is 23.5 Å². The Hall–Kier alpha value is -5.54. The number of benzene rings is 4. The monoisotopic (exact) mass is 619 g/mol. The number of hydrogen-bond acceptors (Lipinski definition) is 9. The summed E-state index contributed by atoms with van der Waals surface area (Å²) in [6, 6.07) is 24.6. The van der Waals surface area contributed by atoms with Crippen LogP contribution in [0.1, 0.15) is 49.3 Å². The summed E-state index contributed by atoms with van der Waals surface area (Å²) in [5.74, 6) is -0.814. The minimum Gasteiger partial charge on any atom is -0.457 e. The van der Waals surface area contributed by atoms with Gasteiger partial charge in [-0.15, -0.1) is 11.3 Å². The number of carbonyl (C=O) groups excluding carboxylic acids is 3. The Morgan fingerprint density at radius 3 is 2.07 bits per heavy atom. The van der Waals surface area contributed by atoms with Gasteiger partial charge in [0, 0.05) is 6.08 Å². The van der Waals surface area contributed by atoms with Gasteiger partial charge in [0.2, 0.25) is 6.79 Å². The number of carbonyl (C=O) groups is 3. The van der Waals surface area contributed by atoms with Crippen molar-refractivity contribution < 1.29 is 33.3 Å². The van der Waals surface area contributed by atoms with Gasteiger partial charge < -0.3 is 18.9 Å². The number of hydrogen-bond donors (Lipinski definition) is 0. The highest BCUT2D eigenvalue weighted by Gasteiger charge is 2.19. The molecule has 0 aliphatic rings. The molecule has 0 amide bonds. The van der Waals surface area contributed by atoms with Crippen LogP contribution in [0.2, 0.25) is 0 Å². The molecule has 1 aromatic heterocycles. The molecule has 45 heavy (non-hydrogen) atoms. The molecule has 9 heteroatoms. The molecule has 8 nitrogen and oxygen atoms in total. The fourth-order valence-corrected chi connectivity index (χ4v) is 5.09. The zero-order valence-electron chi connectivity index (χ0n) is 24.6. The number of fused-ring (bicyclic) bond motifs is 1. The molecule has 0 aliphatic carbocycles. The lowest BCUT2D eigenvalue weighted by Gasteiger charge is -2.10. The maximum Gasteiger partial charge on any atom is 0.343 e. The van der Waals surface area contributed by atoms with E-state index in [0.29, 0.717) is 26.5 Å². The van der Waals surface area contributed by atoms with Gasteiger partial charge in [-0.05, 0) is 79.1 Å². The van der Waals surface area contributed by atoms with Crippen LogP contribution in [-0.2, 0) is 16.0 Å². The number of aryl methyl sites for hydroxylation is 2. The van der Waals surface area contributed by atoms with Gasteiger partial charge in [-0.2, -0.15) is 0 Å². The second-order valence-corrected chi connectivity index (χ2v) is 10.8. The van der Waals surface area contributed by atoms with Crippen molar-refractivity contribution in [2.75, 3.05) is 6.79 Å². The summed E-state index contributed by atoms with van der Waals surface area (Å²) in [5.41, 5.74) is 4.35. The molecule has 0 bridgehead atoms. The number of esters is 3. The van der Waals surface area contributed by atoms with E-state index in [9.17, 15) is 14.4 Å². The van der Waals surface area contributed by atoms with Crippen molar-refractivity contribution in [3.05, 3.63) is 130 Å². The van der Waals surface area contributed by atoms with Crippen LogP contribution in [0.4, 0.5) is 0 Å². The Kier molecular flexibility index (Phi) is 9.81. The van der Waals surface area contributed by atoms with Crippen molar-refractivity contribution in [1.29, 1.82) is 0 Å². The van der Waals surface area contributed by atoms with Gasteiger partial charge in [-0.1, -0.05) is 61.5 Å². The molecule has 0 spiro atoms. The van der Waals surface area contributed by atoms with Crippen LogP contribution in [0, 0.1) is 6.92 Å². The summed E-state index contributed by atoms with van der Waals surface area (Å²) in [7, 11) is 0. The maximum absolute atomic E-state index is 13.1. The van der Waals surface area contributed by atoms with Crippen molar-refractivity contribution >= 4 is 51.6 Å². The highest BCUT2D eigenvalue weighted by molar-refractivity contribution is 7.19. The van der Waals surface area contributed by atoms with Gasteiger partial charge in [0.15, 0.2) is 11.5 Å². The molecule has 0 aliphatic heterocycles. The lowest BCUT2D eigenvalue weighted by Crippen LogP contribution is -2.10. The summed E-state index contributed by atoms with van der Waals surface area (Å²) < 4.78 is 22.2.